The molecule has 3 heteroatoms. The molecule has 2 rings (SSSR count). The first kappa shape index (κ1) is 15.0. The zero-order valence-corrected chi connectivity index (χ0v) is 13.2. The number of rotatable bonds is 3. The van der Waals surface area contributed by atoms with Crippen LogP contribution in [0, 0.1) is 5.41 Å². The molecule has 0 saturated heterocycles. The molecule has 0 spiro atoms. The van der Waals surface area contributed by atoms with Crippen LogP contribution in [0.15, 0.2) is 30.0 Å². The number of anilines is 1. The lowest BCUT2D eigenvalue weighted by atomic mass is 9.83. The number of hydrogen-bond donors (Lipinski definition) is 1. The fourth-order valence-corrected chi connectivity index (χ4v) is 2.60. The summed E-state index contributed by atoms with van der Waals surface area (Å²) in [7, 11) is 0. The summed E-state index contributed by atoms with van der Waals surface area (Å²) in [5.74, 6) is 0. The van der Waals surface area contributed by atoms with Crippen LogP contribution < -0.4 is 10.6 Å². The molecule has 2 N–H and O–H groups in total. The van der Waals surface area contributed by atoms with Crippen molar-refractivity contribution in [2.24, 2.45) is 11.1 Å². The third-order valence-corrected chi connectivity index (χ3v) is 4.13. The summed E-state index contributed by atoms with van der Waals surface area (Å²) < 4.78 is 0. The van der Waals surface area contributed by atoms with Crippen molar-refractivity contribution in [3.8, 4) is 0 Å². The van der Waals surface area contributed by atoms with Crippen LogP contribution in [0.5, 0.6) is 0 Å². The van der Waals surface area contributed by atoms with Gasteiger partial charge in [0.2, 0.25) is 0 Å². The Labute approximate surface area is 122 Å². The van der Waals surface area contributed by atoms with E-state index in [1.54, 1.807) is 5.57 Å². The predicted molar refractivity (Wildman–Crippen MR) is 85.8 cm³/mol. The summed E-state index contributed by atoms with van der Waals surface area (Å²) in [5, 5.41) is 0. The van der Waals surface area contributed by atoms with Crippen molar-refractivity contribution in [1.29, 1.82) is 0 Å². The van der Waals surface area contributed by atoms with Gasteiger partial charge < -0.3 is 10.6 Å². The van der Waals surface area contributed by atoms with Gasteiger partial charge in [-0.2, -0.15) is 0 Å². The Balaban J connectivity index is 2.06. The first-order chi connectivity index (χ1) is 9.41. The molecule has 1 aromatic heterocycles. The number of nitrogens with zero attached hydrogens (tertiary/aromatic N) is 2. The highest BCUT2D eigenvalue weighted by molar-refractivity contribution is 5.47. The second kappa shape index (κ2) is 5.96. The molecule has 0 bridgehead atoms. The zero-order valence-electron chi connectivity index (χ0n) is 13.2. The predicted octanol–water partition coefficient (Wildman–Crippen LogP) is 3.67. The summed E-state index contributed by atoms with van der Waals surface area (Å²) >= 11 is 0. The molecule has 3 nitrogen and oxygen atoms in total. The largest absolute Gasteiger partial charge is 0.366 e. The fourth-order valence-electron chi connectivity index (χ4n) is 2.60. The van der Waals surface area contributed by atoms with E-state index in [4.69, 9.17) is 5.73 Å². The second-order valence-corrected chi connectivity index (χ2v) is 6.63. The van der Waals surface area contributed by atoms with Gasteiger partial charge in [0.25, 0.3) is 0 Å². The number of hydrogen-bond acceptors (Lipinski definition) is 3. The smallest absolute Gasteiger partial charge is 0.0572 e. The van der Waals surface area contributed by atoms with E-state index in [1.165, 1.54) is 5.69 Å². The Hall–Kier alpha value is -1.35. The maximum atomic E-state index is 6.00. The third kappa shape index (κ3) is 3.40. The molecule has 1 aromatic rings. The first-order valence-electron chi connectivity index (χ1n) is 7.58. The van der Waals surface area contributed by atoms with Crippen molar-refractivity contribution >= 4 is 5.69 Å². The minimum Gasteiger partial charge on any atom is -0.366 e. The van der Waals surface area contributed by atoms with E-state index >= 15 is 0 Å². The lowest BCUT2D eigenvalue weighted by Crippen LogP contribution is -2.31. The normalized spacial score (nSPS) is 17.9. The monoisotopic (exact) mass is 273 g/mol. The van der Waals surface area contributed by atoms with Gasteiger partial charge >= 0.3 is 0 Å². The SMILES string of the molecule is CCC(N)c1ccc(N2CC=C(C(C)(C)C)CC2)cn1. The Morgan fingerprint density at radius 2 is 2.10 bits per heavy atom. The van der Waals surface area contributed by atoms with Gasteiger partial charge in [-0.1, -0.05) is 39.3 Å². The molecule has 1 aliphatic rings. The van der Waals surface area contributed by atoms with Crippen LogP contribution in [0.1, 0.15) is 52.3 Å². The summed E-state index contributed by atoms with van der Waals surface area (Å²) in [4.78, 5) is 6.88. The van der Waals surface area contributed by atoms with Crippen LogP contribution >= 0.6 is 0 Å². The summed E-state index contributed by atoms with van der Waals surface area (Å²) in [6.45, 7) is 11.0. The van der Waals surface area contributed by atoms with Crippen LogP contribution in [0.3, 0.4) is 0 Å². The molecule has 1 atom stereocenters. The van der Waals surface area contributed by atoms with E-state index in [0.717, 1.165) is 31.6 Å². The molecular weight excluding hydrogens is 246 g/mol. The Bertz CT molecular complexity index is 468. The maximum Gasteiger partial charge on any atom is 0.0572 e. The van der Waals surface area contributed by atoms with E-state index in [9.17, 15) is 0 Å². The lowest BCUT2D eigenvalue weighted by Gasteiger charge is -2.33. The molecule has 2 heterocycles. The molecule has 0 radical (unpaired) electrons. The quantitative estimate of drug-likeness (QED) is 0.854. The molecule has 0 aliphatic carbocycles. The second-order valence-electron chi connectivity index (χ2n) is 6.63. The average Bonchev–Trinajstić information content (AvgIpc) is 2.46. The Morgan fingerprint density at radius 1 is 1.35 bits per heavy atom. The molecule has 0 fully saturated rings. The van der Waals surface area contributed by atoms with Crippen molar-refractivity contribution in [2.75, 3.05) is 18.0 Å². The number of pyridine rings is 1. The molecule has 0 saturated carbocycles. The highest BCUT2D eigenvalue weighted by Gasteiger charge is 2.21. The molecule has 110 valence electrons. The molecular formula is C17H27N3. The zero-order chi connectivity index (χ0) is 14.8. The molecule has 1 unspecified atom stereocenters. The molecule has 20 heavy (non-hydrogen) atoms. The highest BCUT2D eigenvalue weighted by atomic mass is 15.1. The van der Waals surface area contributed by atoms with Gasteiger partial charge in [-0.05, 0) is 30.4 Å². The van der Waals surface area contributed by atoms with E-state index in [-0.39, 0.29) is 6.04 Å². The van der Waals surface area contributed by atoms with Crippen molar-refractivity contribution in [3.63, 3.8) is 0 Å². The van der Waals surface area contributed by atoms with E-state index in [2.05, 4.69) is 55.8 Å². The third-order valence-electron chi connectivity index (χ3n) is 4.13. The average molecular weight is 273 g/mol. The Morgan fingerprint density at radius 3 is 2.55 bits per heavy atom. The van der Waals surface area contributed by atoms with Crippen molar-refractivity contribution < 1.29 is 0 Å². The van der Waals surface area contributed by atoms with Crippen LogP contribution in [-0.4, -0.2) is 18.1 Å². The van der Waals surface area contributed by atoms with E-state index < -0.39 is 0 Å². The first-order valence-corrected chi connectivity index (χ1v) is 7.58. The summed E-state index contributed by atoms with van der Waals surface area (Å²) in [6.07, 6.45) is 6.39. The van der Waals surface area contributed by atoms with Crippen LogP contribution in [0.4, 0.5) is 5.69 Å². The van der Waals surface area contributed by atoms with Gasteiger partial charge in [0.1, 0.15) is 0 Å². The Kier molecular flexibility index (Phi) is 4.48. The topological polar surface area (TPSA) is 42.1 Å². The van der Waals surface area contributed by atoms with Gasteiger partial charge in [-0.15, -0.1) is 0 Å². The fraction of sp³-hybridized carbons (Fsp3) is 0.588. The highest BCUT2D eigenvalue weighted by Crippen LogP contribution is 2.31. The molecule has 0 aromatic carbocycles. The lowest BCUT2D eigenvalue weighted by molar-refractivity contribution is 0.472. The maximum absolute atomic E-state index is 6.00. The minimum atomic E-state index is 0.0535. The van der Waals surface area contributed by atoms with Crippen LogP contribution in [0.2, 0.25) is 0 Å². The molecule has 0 amide bonds. The van der Waals surface area contributed by atoms with Crippen LogP contribution in [-0.2, 0) is 0 Å². The van der Waals surface area contributed by atoms with E-state index in [0.29, 0.717) is 5.41 Å². The van der Waals surface area contributed by atoms with Crippen LogP contribution in [0.25, 0.3) is 0 Å². The van der Waals surface area contributed by atoms with Gasteiger partial charge in [-0.25, -0.2) is 0 Å². The number of aromatic nitrogens is 1. The molecule has 1 aliphatic heterocycles. The van der Waals surface area contributed by atoms with Crippen molar-refractivity contribution in [1.82, 2.24) is 4.98 Å². The van der Waals surface area contributed by atoms with Gasteiger partial charge in [0, 0.05) is 19.1 Å². The van der Waals surface area contributed by atoms with Gasteiger partial charge in [0.15, 0.2) is 0 Å². The van der Waals surface area contributed by atoms with Crippen molar-refractivity contribution in [2.45, 2.75) is 46.6 Å². The van der Waals surface area contributed by atoms with Gasteiger partial charge in [0.05, 0.1) is 17.6 Å². The summed E-state index contributed by atoms with van der Waals surface area (Å²) in [6, 6.07) is 4.26. The van der Waals surface area contributed by atoms with Gasteiger partial charge in [-0.3, -0.25) is 4.98 Å². The number of nitrogens with two attached hydrogens (primary N) is 1. The minimum absolute atomic E-state index is 0.0535. The van der Waals surface area contributed by atoms with E-state index in [1.807, 2.05) is 6.20 Å². The summed E-state index contributed by atoms with van der Waals surface area (Å²) in [5.41, 5.74) is 10.0. The van der Waals surface area contributed by atoms with Crippen molar-refractivity contribution in [3.05, 3.63) is 35.7 Å². The standard InChI is InChI=1S/C17H27N3/c1-5-15(18)16-7-6-14(12-19-16)20-10-8-13(9-11-20)17(2,3)4/h6-8,12,15H,5,9-11,18H2,1-4H3.